The van der Waals surface area contributed by atoms with E-state index in [4.69, 9.17) is 16.3 Å². The molecular formula is C22H25ClN2O3S2. The highest BCUT2D eigenvalue weighted by Gasteiger charge is 2.29. The smallest absolute Gasteiger partial charge is 0.243 e. The van der Waals surface area contributed by atoms with Crippen LogP contribution in [0.1, 0.15) is 36.5 Å². The average molecular weight is 465 g/mol. The Morgan fingerprint density at radius 3 is 2.60 bits per heavy atom. The van der Waals surface area contributed by atoms with Crippen LogP contribution in [0.4, 0.5) is 0 Å². The maximum atomic E-state index is 13.3. The Bertz CT molecular complexity index is 1080. The fourth-order valence-electron chi connectivity index (χ4n) is 2.88. The topological polar surface area (TPSA) is 59.5 Å². The molecule has 0 aliphatic rings. The minimum atomic E-state index is -3.63. The van der Waals surface area contributed by atoms with E-state index in [-0.39, 0.29) is 12.6 Å². The van der Waals surface area contributed by atoms with Crippen molar-refractivity contribution >= 4 is 33.0 Å². The van der Waals surface area contributed by atoms with Gasteiger partial charge in [0.1, 0.15) is 17.4 Å². The molecule has 0 bridgehead atoms. The quantitative estimate of drug-likeness (QED) is 0.409. The minimum Gasteiger partial charge on any atom is -0.486 e. The summed E-state index contributed by atoms with van der Waals surface area (Å²) in [6.07, 6.45) is 0.708. The molecule has 0 fully saturated rings. The second kappa shape index (κ2) is 9.92. The van der Waals surface area contributed by atoms with Gasteiger partial charge < -0.3 is 4.74 Å². The van der Waals surface area contributed by atoms with E-state index in [1.165, 1.54) is 15.6 Å². The summed E-state index contributed by atoms with van der Waals surface area (Å²) in [5, 5.41) is 3.27. The normalized spacial score (nSPS) is 12.8. The third-order valence-electron chi connectivity index (χ3n) is 4.79. The highest BCUT2D eigenvalue weighted by molar-refractivity contribution is 7.89. The van der Waals surface area contributed by atoms with Crippen molar-refractivity contribution in [2.24, 2.45) is 0 Å². The number of aryl methyl sites for hydroxylation is 1. The van der Waals surface area contributed by atoms with Gasteiger partial charge in [-0.3, -0.25) is 0 Å². The van der Waals surface area contributed by atoms with E-state index in [0.29, 0.717) is 34.4 Å². The number of ether oxygens (including phenoxy) is 1. The van der Waals surface area contributed by atoms with Crippen molar-refractivity contribution in [1.29, 1.82) is 0 Å². The first kappa shape index (κ1) is 22.7. The zero-order valence-corrected chi connectivity index (χ0v) is 19.6. The number of benzene rings is 2. The number of sulfonamides is 1. The molecule has 1 heterocycles. The van der Waals surface area contributed by atoms with Gasteiger partial charge in [0.15, 0.2) is 0 Å². The number of halogens is 1. The van der Waals surface area contributed by atoms with Crippen LogP contribution in [0.2, 0.25) is 5.02 Å². The summed E-state index contributed by atoms with van der Waals surface area (Å²) in [5.41, 5.74) is 1.73. The zero-order chi connectivity index (χ0) is 21.7. The third-order valence-corrected chi connectivity index (χ3v) is 7.87. The lowest BCUT2D eigenvalue weighted by Gasteiger charge is -2.27. The molecule has 8 heteroatoms. The number of nitrogens with zero attached hydrogens (tertiary/aromatic N) is 2. The predicted molar refractivity (Wildman–Crippen MR) is 122 cm³/mol. The van der Waals surface area contributed by atoms with Gasteiger partial charge >= 0.3 is 0 Å². The first-order valence-corrected chi connectivity index (χ1v) is 12.4. The van der Waals surface area contributed by atoms with Gasteiger partial charge in [-0.2, -0.15) is 4.31 Å². The van der Waals surface area contributed by atoms with Crippen molar-refractivity contribution < 1.29 is 13.2 Å². The molecule has 30 heavy (non-hydrogen) atoms. The second-order valence-corrected chi connectivity index (χ2v) is 10.4. The van der Waals surface area contributed by atoms with Crippen LogP contribution in [-0.4, -0.2) is 23.7 Å². The Balaban J connectivity index is 1.75. The van der Waals surface area contributed by atoms with E-state index in [0.717, 1.165) is 10.6 Å². The Morgan fingerprint density at radius 1 is 1.20 bits per heavy atom. The summed E-state index contributed by atoms with van der Waals surface area (Å²) in [6.45, 7) is 6.36. The van der Waals surface area contributed by atoms with Crippen molar-refractivity contribution in [2.75, 3.05) is 0 Å². The van der Waals surface area contributed by atoms with Gasteiger partial charge in [0.25, 0.3) is 0 Å². The number of aromatic nitrogens is 1. The van der Waals surface area contributed by atoms with Crippen molar-refractivity contribution in [1.82, 2.24) is 9.29 Å². The molecule has 1 aromatic heterocycles. The van der Waals surface area contributed by atoms with Crippen LogP contribution >= 0.6 is 22.9 Å². The van der Waals surface area contributed by atoms with Crippen molar-refractivity contribution in [3.63, 3.8) is 0 Å². The van der Waals surface area contributed by atoms with E-state index >= 15 is 0 Å². The number of thiazole rings is 1. The lowest BCUT2D eigenvalue weighted by molar-refractivity contribution is 0.302. The predicted octanol–water partition coefficient (Wildman–Crippen LogP) is 5.67. The van der Waals surface area contributed by atoms with Gasteiger partial charge in [-0.25, -0.2) is 13.4 Å². The van der Waals surface area contributed by atoms with Gasteiger partial charge in [0, 0.05) is 16.4 Å². The SMILES string of the molecule is CC[C@H](C)N(Cc1csc(COc2cccc(Cl)c2)n1)S(=O)(=O)c1ccc(C)cc1. The van der Waals surface area contributed by atoms with Crippen LogP contribution in [-0.2, 0) is 23.2 Å². The molecule has 0 saturated heterocycles. The Kier molecular flexibility index (Phi) is 7.52. The molecule has 0 spiro atoms. The summed E-state index contributed by atoms with van der Waals surface area (Å²) in [6, 6.07) is 14.0. The van der Waals surface area contributed by atoms with Crippen LogP contribution in [0, 0.1) is 6.92 Å². The van der Waals surface area contributed by atoms with Gasteiger partial charge in [0.2, 0.25) is 10.0 Å². The maximum Gasteiger partial charge on any atom is 0.243 e. The highest BCUT2D eigenvalue weighted by Crippen LogP contribution is 2.24. The molecule has 3 aromatic rings. The highest BCUT2D eigenvalue weighted by atomic mass is 35.5. The molecule has 160 valence electrons. The second-order valence-electron chi connectivity index (χ2n) is 7.10. The Morgan fingerprint density at radius 2 is 1.93 bits per heavy atom. The lowest BCUT2D eigenvalue weighted by atomic mass is 10.2. The monoisotopic (exact) mass is 464 g/mol. The minimum absolute atomic E-state index is 0.149. The molecule has 0 aliphatic heterocycles. The standard InChI is InChI=1S/C22H25ClN2O3S2/c1-4-17(3)25(30(26,27)21-10-8-16(2)9-11-21)13-19-15-29-22(24-19)14-28-20-7-5-6-18(23)12-20/h5-12,15,17H,4,13-14H2,1-3H3/t17-/m0/s1. The van der Waals surface area contributed by atoms with E-state index in [1.807, 2.05) is 50.4 Å². The van der Waals surface area contributed by atoms with E-state index in [9.17, 15) is 8.42 Å². The first-order chi connectivity index (χ1) is 14.3. The van der Waals surface area contributed by atoms with Gasteiger partial charge in [-0.1, -0.05) is 42.3 Å². The van der Waals surface area contributed by atoms with Crippen LogP contribution in [0.15, 0.2) is 58.8 Å². The molecule has 2 aromatic carbocycles. The van der Waals surface area contributed by atoms with Gasteiger partial charge in [-0.15, -0.1) is 11.3 Å². The Labute approximate surface area is 187 Å². The van der Waals surface area contributed by atoms with E-state index in [2.05, 4.69) is 4.98 Å². The molecule has 0 N–H and O–H groups in total. The fourth-order valence-corrected chi connectivity index (χ4v) is 5.43. The molecular weight excluding hydrogens is 440 g/mol. The molecule has 0 amide bonds. The van der Waals surface area contributed by atoms with Gasteiger partial charge in [0.05, 0.1) is 17.1 Å². The summed E-state index contributed by atoms with van der Waals surface area (Å²) in [7, 11) is -3.63. The van der Waals surface area contributed by atoms with E-state index in [1.54, 1.807) is 24.3 Å². The van der Waals surface area contributed by atoms with Crippen LogP contribution in [0.25, 0.3) is 0 Å². The summed E-state index contributed by atoms with van der Waals surface area (Å²) >= 11 is 7.43. The van der Waals surface area contributed by atoms with Crippen LogP contribution < -0.4 is 4.74 Å². The number of rotatable bonds is 9. The maximum absolute atomic E-state index is 13.3. The average Bonchev–Trinajstić information content (AvgIpc) is 3.18. The van der Waals surface area contributed by atoms with Crippen molar-refractivity contribution in [2.45, 2.75) is 51.3 Å². The van der Waals surface area contributed by atoms with Crippen LogP contribution in [0.3, 0.4) is 0 Å². The van der Waals surface area contributed by atoms with E-state index < -0.39 is 10.0 Å². The Hall–Kier alpha value is -1.93. The number of hydrogen-bond donors (Lipinski definition) is 0. The summed E-state index contributed by atoms with van der Waals surface area (Å²) < 4.78 is 33.8. The zero-order valence-electron chi connectivity index (χ0n) is 17.2. The van der Waals surface area contributed by atoms with Crippen molar-refractivity contribution in [3.05, 3.63) is 75.2 Å². The summed E-state index contributed by atoms with van der Waals surface area (Å²) in [4.78, 5) is 4.88. The summed E-state index contributed by atoms with van der Waals surface area (Å²) in [5.74, 6) is 0.669. The molecule has 0 unspecified atom stereocenters. The lowest BCUT2D eigenvalue weighted by Crippen LogP contribution is -2.37. The largest absolute Gasteiger partial charge is 0.486 e. The molecule has 3 rings (SSSR count). The molecule has 0 saturated carbocycles. The molecule has 0 radical (unpaired) electrons. The van der Waals surface area contributed by atoms with Crippen molar-refractivity contribution in [3.8, 4) is 5.75 Å². The molecule has 1 atom stereocenters. The first-order valence-electron chi connectivity index (χ1n) is 9.69. The number of hydrogen-bond acceptors (Lipinski definition) is 5. The van der Waals surface area contributed by atoms with Gasteiger partial charge in [-0.05, 0) is 50.6 Å². The fraction of sp³-hybridized carbons (Fsp3) is 0.318. The van der Waals surface area contributed by atoms with Crippen LogP contribution in [0.5, 0.6) is 5.75 Å². The molecule has 0 aliphatic carbocycles. The molecule has 5 nitrogen and oxygen atoms in total. The third kappa shape index (κ3) is 5.60.